The molecule has 68 heavy (non-hydrogen) atoms. The van der Waals surface area contributed by atoms with Crippen molar-refractivity contribution in [2.45, 2.75) is 252 Å². The van der Waals surface area contributed by atoms with E-state index in [1.807, 2.05) is 0 Å². The zero-order valence-corrected chi connectivity index (χ0v) is 44.1. The van der Waals surface area contributed by atoms with Crippen molar-refractivity contribution in [2.75, 3.05) is 13.2 Å². The van der Waals surface area contributed by atoms with Crippen molar-refractivity contribution >= 4 is 17.9 Å². The largest absolute Gasteiger partial charge is 0.462 e. The van der Waals surface area contributed by atoms with Crippen LogP contribution in [-0.2, 0) is 28.6 Å². The normalized spacial score (nSPS) is 12.9. The second-order valence-corrected chi connectivity index (χ2v) is 18.1. The van der Waals surface area contributed by atoms with E-state index >= 15 is 0 Å². The van der Waals surface area contributed by atoms with Gasteiger partial charge in [0.15, 0.2) is 6.10 Å². The molecule has 0 saturated carbocycles. The lowest BCUT2D eigenvalue weighted by molar-refractivity contribution is -0.167. The Balaban J connectivity index is 4.41. The molecular weight excluding hydrogens is 841 g/mol. The molecule has 0 N–H and O–H groups in total. The van der Waals surface area contributed by atoms with Gasteiger partial charge in [0.2, 0.25) is 0 Å². The quantitative estimate of drug-likeness (QED) is 0.0262. The molecule has 6 nitrogen and oxygen atoms in total. The van der Waals surface area contributed by atoms with Crippen LogP contribution in [0.4, 0.5) is 0 Å². The summed E-state index contributed by atoms with van der Waals surface area (Å²) in [6.07, 6.45) is 75.0. The summed E-state index contributed by atoms with van der Waals surface area (Å²) < 4.78 is 16.8. The first kappa shape index (κ1) is 64.1. The van der Waals surface area contributed by atoms with Gasteiger partial charge in [0, 0.05) is 19.3 Å². The fraction of sp³-hybridized carbons (Fsp3) is 0.661. The van der Waals surface area contributed by atoms with Crippen molar-refractivity contribution in [1.29, 1.82) is 0 Å². The third-order valence-electron chi connectivity index (χ3n) is 11.5. The molecule has 0 aliphatic rings. The Labute approximate surface area is 419 Å². The van der Waals surface area contributed by atoms with E-state index in [0.29, 0.717) is 19.3 Å². The van der Waals surface area contributed by atoms with Crippen LogP contribution in [0.2, 0.25) is 0 Å². The third kappa shape index (κ3) is 53.0. The smallest absolute Gasteiger partial charge is 0.306 e. The number of unbranched alkanes of at least 4 members (excludes halogenated alkanes) is 20. The Hall–Kier alpha value is -3.93. The summed E-state index contributed by atoms with van der Waals surface area (Å²) in [6.45, 7) is 6.40. The Bertz CT molecular complexity index is 1410. The van der Waals surface area contributed by atoms with Crippen molar-refractivity contribution < 1.29 is 28.6 Å². The second-order valence-electron chi connectivity index (χ2n) is 18.1. The molecule has 0 amide bonds. The van der Waals surface area contributed by atoms with Crippen LogP contribution < -0.4 is 0 Å². The first-order valence-corrected chi connectivity index (χ1v) is 27.9. The van der Waals surface area contributed by atoms with E-state index in [0.717, 1.165) is 154 Å². The molecule has 0 aromatic heterocycles. The fourth-order valence-electron chi connectivity index (χ4n) is 7.30. The van der Waals surface area contributed by atoms with Gasteiger partial charge in [-0.3, -0.25) is 14.4 Å². The Morgan fingerprint density at radius 2 is 0.603 bits per heavy atom. The molecule has 0 spiro atoms. The molecule has 0 fully saturated rings. The number of allylic oxidation sites excluding steroid dienone is 18. The zero-order chi connectivity index (χ0) is 49.3. The van der Waals surface area contributed by atoms with Crippen LogP contribution >= 0.6 is 0 Å². The van der Waals surface area contributed by atoms with E-state index in [4.69, 9.17) is 14.2 Å². The summed E-state index contributed by atoms with van der Waals surface area (Å²) in [5.74, 6) is -0.941. The van der Waals surface area contributed by atoms with Gasteiger partial charge in [0.05, 0.1) is 0 Å². The maximum absolute atomic E-state index is 12.8. The average molecular weight is 943 g/mol. The maximum atomic E-state index is 12.8. The molecule has 0 saturated heterocycles. The van der Waals surface area contributed by atoms with Crippen LogP contribution in [-0.4, -0.2) is 37.2 Å². The van der Waals surface area contributed by atoms with E-state index < -0.39 is 6.10 Å². The molecule has 0 radical (unpaired) electrons. The fourth-order valence-corrected chi connectivity index (χ4v) is 7.30. The minimum absolute atomic E-state index is 0.0961. The molecule has 0 bridgehead atoms. The van der Waals surface area contributed by atoms with Crippen molar-refractivity contribution in [2.24, 2.45) is 0 Å². The minimum atomic E-state index is -0.798. The first-order valence-electron chi connectivity index (χ1n) is 27.9. The van der Waals surface area contributed by atoms with Crippen LogP contribution in [0, 0.1) is 0 Å². The second kappa shape index (κ2) is 55.7. The van der Waals surface area contributed by atoms with Gasteiger partial charge in [0.1, 0.15) is 13.2 Å². The van der Waals surface area contributed by atoms with Gasteiger partial charge in [-0.1, -0.05) is 214 Å². The van der Waals surface area contributed by atoms with Gasteiger partial charge in [0.25, 0.3) is 0 Å². The molecule has 0 aromatic rings. The molecule has 0 aromatic carbocycles. The summed E-state index contributed by atoms with van der Waals surface area (Å²) in [7, 11) is 0. The van der Waals surface area contributed by atoms with E-state index in [1.165, 1.54) is 51.4 Å². The molecule has 1 unspecified atom stereocenters. The molecule has 0 aliphatic heterocycles. The van der Waals surface area contributed by atoms with Gasteiger partial charge < -0.3 is 14.2 Å². The predicted octanol–water partition coefficient (Wildman–Crippen LogP) is 18.7. The van der Waals surface area contributed by atoms with Gasteiger partial charge in [-0.15, -0.1) is 0 Å². The number of esters is 3. The molecule has 1 atom stereocenters. The third-order valence-corrected chi connectivity index (χ3v) is 11.5. The van der Waals surface area contributed by atoms with E-state index in [-0.39, 0.29) is 31.1 Å². The van der Waals surface area contributed by atoms with Crippen LogP contribution in [0.5, 0.6) is 0 Å². The monoisotopic (exact) mass is 943 g/mol. The van der Waals surface area contributed by atoms with Gasteiger partial charge in [-0.2, -0.15) is 0 Å². The number of carbonyl (C=O) groups excluding carboxylic acids is 3. The summed E-state index contributed by atoms with van der Waals surface area (Å²) in [5.41, 5.74) is 0. The van der Waals surface area contributed by atoms with Crippen molar-refractivity contribution in [3.63, 3.8) is 0 Å². The lowest BCUT2D eigenvalue weighted by atomic mass is 10.1. The average Bonchev–Trinajstić information content (AvgIpc) is 3.34. The molecule has 386 valence electrons. The lowest BCUT2D eigenvalue weighted by Crippen LogP contribution is -2.30. The number of ether oxygens (including phenoxy) is 3. The van der Waals surface area contributed by atoms with Crippen molar-refractivity contribution in [3.05, 3.63) is 109 Å². The van der Waals surface area contributed by atoms with Crippen LogP contribution in [0.3, 0.4) is 0 Å². The van der Waals surface area contributed by atoms with Crippen LogP contribution in [0.1, 0.15) is 245 Å². The number of hydrogen-bond acceptors (Lipinski definition) is 6. The SMILES string of the molecule is CC/C=C\C/C=C\C/C=C\C/C=C\C/C=C\CCCCCCCC(=O)OCC(COC(=O)CCCCCCC/C=C\CCC)OC(=O)CCCCCCCC/C=C\C/C=C\C/C=C\CCCCC. The van der Waals surface area contributed by atoms with E-state index in [2.05, 4.69) is 130 Å². The summed E-state index contributed by atoms with van der Waals surface area (Å²) in [6, 6.07) is 0. The van der Waals surface area contributed by atoms with Crippen LogP contribution in [0.15, 0.2) is 109 Å². The Morgan fingerprint density at radius 3 is 0.971 bits per heavy atom. The van der Waals surface area contributed by atoms with Crippen molar-refractivity contribution in [1.82, 2.24) is 0 Å². The lowest BCUT2D eigenvalue weighted by Gasteiger charge is -2.18. The maximum Gasteiger partial charge on any atom is 0.306 e. The molecule has 6 heteroatoms. The molecule has 0 aliphatic carbocycles. The van der Waals surface area contributed by atoms with Crippen molar-refractivity contribution in [3.8, 4) is 0 Å². The highest BCUT2D eigenvalue weighted by atomic mass is 16.6. The Kier molecular flexibility index (Phi) is 52.4. The number of rotatable bonds is 49. The highest BCUT2D eigenvalue weighted by Crippen LogP contribution is 2.14. The topological polar surface area (TPSA) is 78.9 Å². The van der Waals surface area contributed by atoms with Gasteiger partial charge >= 0.3 is 17.9 Å². The summed E-state index contributed by atoms with van der Waals surface area (Å²) in [5, 5.41) is 0. The minimum Gasteiger partial charge on any atom is -0.462 e. The van der Waals surface area contributed by atoms with Gasteiger partial charge in [-0.05, 0) is 122 Å². The highest BCUT2D eigenvalue weighted by molar-refractivity contribution is 5.71. The number of carbonyl (C=O) groups is 3. The predicted molar refractivity (Wildman–Crippen MR) is 293 cm³/mol. The summed E-state index contributed by atoms with van der Waals surface area (Å²) >= 11 is 0. The number of hydrogen-bond donors (Lipinski definition) is 0. The summed E-state index contributed by atoms with van der Waals surface area (Å²) in [4.78, 5) is 38.1. The standard InChI is InChI=1S/C62H102O6/c1-4-7-10-13-16-19-22-24-26-28-30-31-33-34-36-38-40-43-46-49-52-55-61(64)67-58-59(57-66-60(63)54-51-48-45-42-21-18-15-12-9-6-3)68-62(65)56-53-50-47-44-41-39-37-35-32-29-27-25-23-20-17-14-11-8-5-2/h7,10,12,15-17,19-20,24-27,30-32,34-36,59H,4-6,8-9,11,13-14,18,21-23,28-29,33,37-58H2,1-3H3/b10-7-,15-12-,19-16-,20-17-,26-24-,27-25-,31-30-,35-32-,36-34-. The van der Waals surface area contributed by atoms with Crippen LogP contribution in [0.25, 0.3) is 0 Å². The molecule has 0 rings (SSSR count). The van der Waals surface area contributed by atoms with E-state index in [1.54, 1.807) is 0 Å². The Morgan fingerprint density at radius 1 is 0.309 bits per heavy atom. The molecular formula is C62H102O6. The highest BCUT2D eigenvalue weighted by Gasteiger charge is 2.19. The zero-order valence-electron chi connectivity index (χ0n) is 44.1. The van der Waals surface area contributed by atoms with Gasteiger partial charge in [-0.25, -0.2) is 0 Å². The first-order chi connectivity index (χ1) is 33.5. The molecule has 0 heterocycles. The van der Waals surface area contributed by atoms with E-state index in [9.17, 15) is 14.4 Å².